The smallest absolute Gasteiger partial charge is 0.251 e. The molecule has 3 heteroatoms. The molecule has 2 rings (SSSR count). The highest BCUT2D eigenvalue weighted by molar-refractivity contribution is 5.94. The van der Waals surface area contributed by atoms with Gasteiger partial charge in [0, 0.05) is 17.5 Å². The average Bonchev–Trinajstić information content (AvgIpc) is 3.08. The molecule has 0 radical (unpaired) electrons. The van der Waals surface area contributed by atoms with E-state index in [1.165, 1.54) is 0 Å². The van der Waals surface area contributed by atoms with Crippen molar-refractivity contribution < 1.29 is 9.90 Å². The standard InChI is InChI=1S/C12H15NO2/c14-9-12(6-7-12)8-13-11(15)10-4-2-1-3-5-10/h1-5,14H,6-9H2,(H,13,15). The fraction of sp³-hybridized carbons (Fsp3) is 0.417. The van der Waals surface area contributed by atoms with Crippen molar-refractivity contribution in [3.8, 4) is 0 Å². The molecule has 0 aliphatic heterocycles. The van der Waals surface area contributed by atoms with Crippen LogP contribution < -0.4 is 5.32 Å². The topological polar surface area (TPSA) is 49.3 Å². The normalized spacial score (nSPS) is 17.1. The maximum atomic E-state index is 11.6. The number of hydrogen-bond donors (Lipinski definition) is 2. The van der Waals surface area contributed by atoms with Crippen LogP contribution >= 0.6 is 0 Å². The van der Waals surface area contributed by atoms with Gasteiger partial charge >= 0.3 is 0 Å². The van der Waals surface area contributed by atoms with Crippen molar-refractivity contribution in [2.24, 2.45) is 5.41 Å². The van der Waals surface area contributed by atoms with Gasteiger partial charge in [0.15, 0.2) is 0 Å². The van der Waals surface area contributed by atoms with E-state index in [1.54, 1.807) is 12.1 Å². The Kier molecular flexibility index (Phi) is 2.73. The Morgan fingerprint density at radius 3 is 2.53 bits per heavy atom. The Morgan fingerprint density at radius 1 is 1.33 bits per heavy atom. The highest BCUT2D eigenvalue weighted by atomic mass is 16.3. The molecule has 0 spiro atoms. The van der Waals surface area contributed by atoms with Crippen molar-refractivity contribution in [1.29, 1.82) is 0 Å². The Bertz CT molecular complexity index is 344. The summed E-state index contributed by atoms with van der Waals surface area (Å²) in [5.41, 5.74) is 0.649. The molecular formula is C12H15NO2. The zero-order chi connectivity index (χ0) is 10.7. The number of aliphatic hydroxyl groups excluding tert-OH is 1. The SMILES string of the molecule is O=C(NCC1(CO)CC1)c1ccccc1. The highest BCUT2D eigenvalue weighted by Gasteiger charge is 2.42. The minimum absolute atomic E-state index is 0.0234. The molecule has 1 fully saturated rings. The second kappa shape index (κ2) is 4.03. The summed E-state index contributed by atoms with van der Waals surface area (Å²) in [6, 6.07) is 9.14. The van der Waals surface area contributed by atoms with Crippen LogP contribution in [0.15, 0.2) is 30.3 Å². The van der Waals surface area contributed by atoms with Gasteiger partial charge in [0.2, 0.25) is 0 Å². The summed E-state index contributed by atoms with van der Waals surface area (Å²) in [5.74, 6) is -0.0599. The molecule has 1 aliphatic rings. The first-order valence-electron chi connectivity index (χ1n) is 5.20. The number of amides is 1. The van der Waals surface area contributed by atoms with Crippen LogP contribution in [0.25, 0.3) is 0 Å². The number of carbonyl (C=O) groups is 1. The lowest BCUT2D eigenvalue weighted by Crippen LogP contribution is -2.31. The Labute approximate surface area is 89.1 Å². The van der Waals surface area contributed by atoms with Crippen molar-refractivity contribution in [3.05, 3.63) is 35.9 Å². The van der Waals surface area contributed by atoms with E-state index in [-0.39, 0.29) is 17.9 Å². The Balaban J connectivity index is 1.88. The molecule has 0 saturated heterocycles. The van der Waals surface area contributed by atoms with Crippen molar-refractivity contribution in [1.82, 2.24) is 5.32 Å². The van der Waals surface area contributed by atoms with Crippen LogP contribution in [-0.2, 0) is 0 Å². The predicted octanol–water partition coefficient (Wildman–Crippen LogP) is 1.19. The summed E-state index contributed by atoms with van der Waals surface area (Å²) in [5, 5.41) is 11.9. The van der Waals surface area contributed by atoms with E-state index < -0.39 is 0 Å². The third-order valence-corrected chi connectivity index (χ3v) is 2.95. The Morgan fingerprint density at radius 2 is 2.00 bits per heavy atom. The van der Waals surface area contributed by atoms with Crippen molar-refractivity contribution in [2.45, 2.75) is 12.8 Å². The van der Waals surface area contributed by atoms with Crippen molar-refractivity contribution >= 4 is 5.91 Å². The molecule has 80 valence electrons. The van der Waals surface area contributed by atoms with Crippen LogP contribution in [0.5, 0.6) is 0 Å². The molecule has 0 atom stereocenters. The minimum atomic E-state index is -0.0599. The summed E-state index contributed by atoms with van der Waals surface area (Å²) in [6.07, 6.45) is 2.02. The van der Waals surface area contributed by atoms with E-state index in [0.717, 1.165) is 12.8 Å². The Hall–Kier alpha value is -1.35. The van der Waals surface area contributed by atoms with Gasteiger partial charge in [0.1, 0.15) is 0 Å². The molecule has 0 aromatic heterocycles. The molecule has 1 amide bonds. The van der Waals surface area contributed by atoms with Gasteiger partial charge in [0.25, 0.3) is 5.91 Å². The van der Waals surface area contributed by atoms with Gasteiger partial charge in [-0.2, -0.15) is 0 Å². The number of carbonyl (C=O) groups excluding carboxylic acids is 1. The van der Waals surface area contributed by atoms with Gasteiger partial charge in [-0.1, -0.05) is 18.2 Å². The number of nitrogens with one attached hydrogen (secondary N) is 1. The summed E-state index contributed by atoms with van der Waals surface area (Å²) < 4.78 is 0. The minimum Gasteiger partial charge on any atom is -0.396 e. The molecule has 1 aromatic carbocycles. The van der Waals surface area contributed by atoms with E-state index >= 15 is 0 Å². The lowest BCUT2D eigenvalue weighted by atomic mass is 10.1. The summed E-state index contributed by atoms with van der Waals surface area (Å²) in [6.45, 7) is 0.749. The summed E-state index contributed by atoms with van der Waals surface area (Å²) in [4.78, 5) is 11.6. The first-order valence-corrected chi connectivity index (χ1v) is 5.20. The van der Waals surface area contributed by atoms with Crippen LogP contribution in [0.3, 0.4) is 0 Å². The second-order valence-electron chi connectivity index (χ2n) is 4.21. The van der Waals surface area contributed by atoms with Gasteiger partial charge in [0.05, 0.1) is 6.61 Å². The van der Waals surface area contributed by atoms with Crippen LogP contribution in [0, 0.1) is 5.41 Å². The lowest BCUT2D eigenvalue weighted by molar-refractivity contribution is 0.0935. The van der Waals surface area contributed by atoms with Crippen LogP contribution in [0.2, 0.25) is 0 Å². The third-order valence-electron chi connectivity index (χ3n) is 2.95. The maximum absolute atomic E-state index is 11.6. The van der Waals surface area contributed by atoms with E-state index in [9.17, 15) is 4.79 Å². The lowest BCUT2D eigenvalue weighted by Gasteiger charge is -2.12. The summed E-state index contributed by atoms with van der Waals surface area (Å²) in [7, 11) is 0. The monoisotopic (exact) mass is 205 g/mol. The van der Waals surface area contributed by atoms with Crippen LogP contribution in [0.4, 0.5) is 0 Å². The molecule has 3 nitrogen and oxygen atoms in total. The summed E-state index contributed by atoms with van der Waals surface area (Å²) >= 11 is 0. The van der Waals surface area contributed by atoms with Crippen LogP contribution in [0.1, 0.15) is 23.2 Å². The molecule has 0 heterocycles. The first kappa shape index (κ1) is 10.2. The van der Waals surface area contributed by atoms with Crippen LogP contribution in [-0.4, -0.2) is 24.2 Å². The first-order chi connectivity index (χ1) is 7.26. The highest BCUT2D eigenvalue weighted by Crippen LogP contribution is 2.44. The van der Waals surface area contributed by atoms with Gasteiger partial charge in [-0.15, -0.1) is 0 Å². The maximum Gasteiger partial charge on any atom is 0.251 e. The molecule has 0 bridgehead atoms. The number of rotatable bonds is 4. The van der Waals surface area contributed by atoms with E-state index in [4.69, 9.17) is 5.11 Å². The molecule has 15 heavy (non-hydrogen) atoms. The third kappa shape index (κ3) is 2.36. The van der Waals surface area contributed by atoms with Gasteiger partial charge < -0.3 is 10.4 Å². The second-order valence-corrected chi connectivity index (χ2v) is 4.21. The van der Waals surface area contributed by atoms with Crippen molar-refractivity contribution in [2.75, 3.05) is 13.2 Å². The number of aliphatic hydroxyl groups is 1. The van der Waals surface area contributed by atoms with Crippen molar-refractivity contribution in [3.63, 3.8) is 0 Å². The van der Waals surface area contributed by atoms with Gasteiger partial charge in [-0.05, 0) is 25.0 Å². The fourth-order valence-electron chi connectivity index (χ4n) is 1.53. The molecule has 0 unspecified atom stereocenters. The predicted molar refractivity (Wildman–Crippen MR) is 57.5 cm³/mol. The molecule has 1 saturated carbocycles. The fourth-order valence-corrected chi connectivity index (χ4v) is 1.53. The molecule has 2 N–H and O–H groups in total. The average molecular weight is 205 g/mol. The quantitative estimate of drug-likeness (QED) is 0.775. The number of benzene rings is 1. The van der Waals surface area contributed by atoms with Gasteiger partial charge in [-0.3, -0.25) is 4.79 Å². The largest absolute Gasteiger partial charge is 0.396 e. The molecule has 1 aromatic rings. The van der Waals surface area contributed by atoms with E-state index in [1.807, 2.05) is 18.2 Å². The molecular weight excluding hydrogens is 190 g/mol. The zero-order valence-electron chi connectivity index (χ0n) is 8.57. The molecule has 1 aliphatic carbocycles. The number of hydrogen-bond acceptors (Lipinski definition) is 2. The van der Waals surface area contributed by atoms with Gasteiger partial charge in [-0.25, -0.2) is 0 Å². The van der Waals surface area contributed by atoms with E-state index in [2.05, 4.69) is 5.32 Å². The zero-order valence-corrected chi connectivity index (χ0v) is 8.57. The van der Waals surface area contributed by atoms with E-state index in [0.29, 0.717) is 12.1 Å².